The van der Waals surface area contributed by atoms with Crippen LogP contribution in [0.2, 0.25) is 0 Å². The summed E-state index contributed by atoms with van der Waals surface area (Å²) in [6, 6.07) is 11.2. The van der Waals surface area contributed by atoms with Crippen molar-refractivity contribution in [3.63, 3.8) is 0 Å². The molecule has 5 aromatic rings. The minimum absolute atomic E-state index is 0.216. The predicted molar refractivity (Wildman–Crippen MR) is 99.7 cm³/mol. The van der Waals surface area contributed by atoms with Crippen LogP contribution in [0.4, 0.5) is 4.39 Å². The SMILES string of the molecule is O=c1cc[nH]c2nc(-c3ccc(F)cc3)c(-c3ccc4nccn4c3)nc12. The second kappa shape index (κ2) is 5.84. The number of pyridine rings is 2. The largest absolute Gasteiger partial charge is 0.345 e. The van der Waals surface area contributed by atoms with E-state index in [-0.39, 0.29) is 16.8 Å². The van der Waals surface area contributed by atoms with E-state index in [9.17, 15) is 9.18 Å². The number of nitrogens with one attached hydrogen (secondary N) is 1. The predicted octanol–water partition coefficient (Wildman–Crippen LogP) is 3.44. The molecule has 0 bridgehead atoms. The summed E-state index contributed by atoms with van der Waals surface area (Å²) in [6.07, 6.45) is 6.95. The summed E-state index contributed by atoms with van der Waals surface area (Å²) in [4.78, 5) is 28.6. The van der Waals surface area contributed by atoms with Crippen molar-refractivity contribution in [2.75, 3.05) is 0 Å². The lowest BCUT2D eigenvalue weighted by Crippen LogP contribution is -2.07. The Labute approximate surface area is 152 Å². The Hall–Kier alpha value is -3.87. The highest BCUT2D eigenvalue weighted by Gasteiger charge is 2.15. The fourth-order valence-corrected chi connectivity index (χ4v) is 3.05. The van der Waals surface area contributed by atoms with Crippen molar-refractivity contribution in [2.24, 2.45) is 0 Å². The van der Waals surface area contributed by atoms with Gasteiger partial charge in [-0.1, -0.05) is 0 Å². The fraction of sp³-hybridized carbons (Fsp3) is 0. The molecule has 0 fully saturated rings. The van der Waals surface area contributed by atoms with Gasteiger partial charge >= 0.3 is 0 Å². The zero-order chi connectivity index (χ0) is 18.4. The Morgan fingerprint density at radius 3 is 2.56 bits per heavy atom. The number of rotatable bonds is 2. The molecule has 0 saturated heterocycles. The molecule has 0 amide bonds. The Balaban J connectivity index is 1.84. The van der Waals surface area contributed by atoms with Gasteiger partial charge in [0.15, 0.2) is 11.2 Å². The quantitative estimate of drug-likeness (QED) is 0.525. The van der Waals surface area contributed by atoms with Crippen LogP contribution in [-0.4, -0.2) is 24.3 Å². The lowest BCUT2D eigenvalue weighted by atomic mass is 10.0. The third-order valence-corrected chi connectivity index (χ3v) is 4.36. The molecule has 27 heavy (non-hydrogen) atoms. The van der Waals surface area contributed by atoms with Gasteiger partial charge in [-0.05, 0) is 36.4 Å². The molecule has 4 aromatic heterocycles. The number of aromatic nitrogens is 5. The van der Waals surface area contributed by atoms with Crippen molar-refractivity contribution in [3.8, 4) is 22.5 Å². The highest BCUT2D eigenvalue weighted by atomic mass is 19.1. The van der Waals surface area contributed by atoms with Crippen LogP contribution in [0.3, 0.4) is 0 Å². The van der Waals surface area contributed by atoms with E-state index in [0.29, 0.717) is 22.6 Å². The Bertz CT molecular complexity index is 1350. The summed E-state index contributed by atoms with van der Waals surface area (Å²) in [6.45, 7) is 0. The van der Waals surface area contributed by atoms with Crippen LogP contribution in [0.25, 0.3) is 39.3 Å². The van der Waals surface area contributed by atoms with Crippen molar-refractivity contribution in [1.29, 1.82) is 0 Å². The van der Waals surface area contributed by atoms with Crippen LogP contribution in [-0.2, 0) is 0 Å². The van der Waals surface area contributed by atoms with E-state index in [4.69, 9.17) is 0 Å². The maximum Gasteiger partial charge on any atom is 0.209 e. The number of benzene rings is 1. The van der Waals surface area contributed by atoms with Gasteiger partial charge in [-0.15, -0.1) is 0 Å². The second-order valence-electron chi connectivity index (χ2n) is 6.08. The van der Waals surface area contributed by atoms with Crippen LogP contribution < -0.4 is 5.43 Å². The number of nitrogens with zero attached hydrogens (tertiary/aromatic N) is 4. The number of H-pyrrole nitrogens is 1. The monoisotopic (exact) mass is 357 g/mol. The third-order valence-electron chi connectivity index (χ3n) is 4.36. The molecule has 0 aliphatic carbocycles. The number of hydrogen-bond acceptors (Lipinski definition) is 4. The summed E-state index contributed by atoms with van der Waals surface area (Å²) < 4.78 is 15.2. The topological polar surface area (TPSA) is 75.9 Å². The molecule has 0 unspecified atom stereocenters. The maximum absolute atomic E-state index is 13.4. The molecule has 0 saturated carbocycles. The van der Waals surface area contributed by atoms with E-state index in [1.54, 1.807) is 18.3 Å². The van der Waals surface area contributed by atoms with Crippen molar-refractivity contribution in [1.82, 2.24) is 24.3 Å². The first kappa shape index (κ1) is 15.4. The molecule has 5 rings (SSSR count). The van der Waals surface area contributed by atoms with E-state index in [2.05, 4.69) is 19.9 Å². The molecular formula is C20H12FN5O. The summed E-state index contributed by atoms with van der Waals surface area (Å²) in [7, 11) is 0. The van der Waals surface area contributed by atoms with Crippen LogP contribution >= 0.6 is 0 Å². The van der Waals surface area contributed by atoms with Crippen molar-refractivity contribution in [3.05, 3.63) is 83.3 Å². The second-order valence-corrected chi connectivity index (χ2v) is 6.08. The van der Waals surface area contributed by atoms with Gasteiger partial charge in [-0.2, -0.15) is 0 Å². The molecule has 6 nitrogen and oxygen atoms in total. The Morgan fingerprint density at radius 1 is 0.926 bits per heavy atom. The molecule has 1 N–H and O–H groups in total. The zero-order valence-corrected chi connectivity index (χ0v) is 13.9. The number of fused-ring (bicyclic) bond motifs is 2. The molecular weight excluding hydrogens is 345 g/mol. The van der Waals surface area contributed by atoms with Gasteiger partial charge in [0.1, 0.15) is 11.5 Å². The minimum atomic E-state index is -0.331. The average molecular weight is 357 g/mol. The van der Waals surface area contributed by atoms with E-state index in [1.807, 2.05) is 28.9 Å². The number of hydrogen-bond donors (Lipinski definition) is 1. The zero-order valence-electron chi connectivity index (χ0n) is 13.9. The first-order valence-electron chi connectivity index (χ1n) is 8.27. The number of halogens is 1. The molecule has 7 heteroatoms. The molecule has 0 aliphatic heterocycles. The molecule has 130 valence electrons. The van der Waals surface area contributed by atoms with E-state index in [1.165, 1.54) is 24.4 Å². The highest BCUT2D eigenvalue weighted by Crippen LogP contribution is 2.30. The summed E-state index contributed by atoms with van der Waals surface area (Å²) in [5, 5.41) is 0. The lowest BCUT2D eigenvalue weighted by molar-refractivity contribution is 0.628. The lowest BCUT2D eigenvalue weighted by Gasteiger charge is -2.10. The first-order chi connectivity index (χ1) is 13.2. The van der Waals surface area contributed by atoms with Crippen LogP contribution in [0.1, 0.15) is 0 Å². The Morgan fingerprint density at radius 2 is 1.70 bits per heavy atom. The average Bonchev–Trinajstić information content (AvgIpc) is 3.16. The standard InChI is InChI=1S/C20H12FN5O/c21-14-4-1-12(2-5-14)17-18(13-3-6-16-22-9-10-26(16)11-13)24-19-15(27)7-8-23-20(19)25-17/h1-11H,(H,23,25,27). The van der Waals surface area contributed by atoms with Crippen LogP contribution in [0.15, 0.2) is 72.0 Å². The van der Waals surface area contributed by atoms with Gasteiger partial charge < -0.3 is 9.38 Å². The molecule has 0 atom stereocenters. The van der Waals surface area contributed by atoms with E-state index < -0.39 is 0 Å². The van der Waals surface area contributed by atoms with Crippen molar-refractivity contribution < 1.29 is 4.39 Å². The molecule has 0 aliphatic rings. The normalized spacial score (nSPS) is 11.3. The molecule has 1 aromatic carbocycles. The van der Waals surface area contributed by atoms with Gasteiger partial charge in [-0.3, -0.25) is 4.79 Å². The minimum Gasteiger partial charge on any atom is -0.345 e. The summed E-state index contributed by atoms with van der Waals surface area (Å²) >= 11 is 0. The Kier molecular flexibility index (Phi) is 3.33. The molecule has 0 radical (unpaired) electrons. The first-order valence-corrected chi connectivity index (χ1v) is 8.27. The van der Waals surface area contributed by atoms with Gasteiger partial charge in [0.25, 0.3) is 0 Å². The molecule has 4 heterocycles. The van der Waals surface area contributed by atoms with Gasteiger partial charge in [-0.25, -0.2) is 19.3 Å². The fourth-order valence-electron chi connectivity index (χ4n) is 3.05. The highest BCUT2D eigenvalue weighted by molar-refractivity contribution is 5.84. The van der Waals surface area contributed by atoms with E-state index in [0.717, 1.165) is 11.2 Å². The van der Waals surface area contributed by atoms with Gasteiger partial charge in [0.2, 0.25) is 5.43 Å². The van der Waals surface area contributed by atoms with E-state index >= 15 is 0 Å². The summed E-state index contributed by atoms with van der Waals surface area (Å²) in [5.41, 5.74) is 3.80. The van der Waals surface area contributed by atoms with Gasteiger partial charge in [0.05, 0.1) is 11.4 Å². The molecule has 0 spiro atoms. The third kappa shape index (κ3) is 2.56. The van der Waals surface area contributed by atoms with Crippen LogP contribution in [0, 0.1) is 5.82 Å². The van der Waals surface area contributed by atoms with Crippen molar-refractivity contribution in [2.45, 2.75) is 0 Å². The van der Waals surface area contributed by atoms with Crippen molar-refractivity contribution >= 4 is 16.8 Å². The maximum atomic E-state index is 13.4. The number of aromatic amines is 1. The summed E-state index contributed by atoms with van der Waals surface area (Å²) in [5.74, 6) is -0.331. The van der Waals surface area contributed by atoms with Crippen LogP contribution in [0.5, 0.6) is 0 Å². The smallest absolute Gasteiger partial charge is 0.209 e. The van der Waals surface area contributed by atoms with Gasteiger partial charge in [0, 0.05) is 42.0 Å². The number of imidazole rings is 1.